The summed E-state index contributed by atoms with van der Waals surface area (Å²) in [6.07, 6.45) is 1.73. The van der Waals surface area contributed by atoms with Crippen molar-refractivity contribution in [1.29, 1.82) is 0 Å². The lowest BCUT2D eigenvalue weighted by Gasteiger charge is -2.23. The van der Waals surface area contributed by atoms with Crippen LogP contribution < -0.4 is 16.3 Å². The largest absolute Gasteiger partial charge is 0.465 e. The van der Waals surface area contributed by atoms with E-state index in [1.165, 1.54) is 11.7 Å². The molecule has 180 valence electrons. The zero-order valence-corrected chi connectivity index (χ0v) is 22.7. The summed E-state index contributed by atoms with van der Waals surface area (Å²) in [6.45, 7) is 1.76. The molecule has 1 aliphatic heterocycles. The van der Waals surface area contributed by atoms with Gasteiger partial charge in [-0.1, -0.05) is 67.9 Å². The van der Waals surface area contributed by atoms with Gasteiger partial charge in [-0.3, -0.25) is 9.36 Å². The number of hydrogen-bond donors (Lipinski definition) is 1. The van der Waals surface area contributed by atoms with Gasteiger partial charge in [0.05, 0.1) is 24.8 Å². The lowest BCUT2D eigenvalue weighted by molar-refractivity contribution is -0.133. The second-order valence-electron chi connectivity index (χ2n) is 7.48. The van der Waals surface area contributed by atoms with E-state index in [1.807, 2.05) is 24.3 Å². The third-order valence-corrected chi connectivity index (χ3v) is 7.70. The van der Waals surface area contributed by atoms with Crippen LogP contribution in [0.2, 0.25) is 0 Å². The molecule has 35 heavy (non-hydrogen) atoms. The van der Waals surface area contributed by atoms with E-state index in [2.05, 4.69) is 31.9 Å². The molecule has 2 aromatic carbocycles. The van der Waals surface area contributed by atoms with Crippen LogP contribution in [-0.2, 0) is 14.3 Å². The number of halogens is 2. The molecule has 4 rings (SSSR count). The van der Waals surface area contributed by atoms with Gasteiger partial charge < -0.3 is 15.2 Å². The molecule has 1 aromatic heterocycles. The Hall–Kier alpha value is -2.82. The average Bonchev–Trinajstić information content (AvgIpc) is 3.13. The number of rotatable bonds is 5. The first kappa shape index (κ1) is 25.3. The van der Waals surface area contributed by atoms with Gasteiger partial charge in [-0.2, -0.15) is 0 Å². The van der Waals surface area contributed by atoms with Crippen molar-refractivity contribution in [2.24, 2.45) is 0 Å². The van der Waals surface area contributed by atoms with Crippen LogP contribution >= 0.6 is 43.6 Å². The molecule has 0 aliphatic carbocycles. The maximum Gasteiger partial charge on any atom is 0.357 e. The fourth-order valence-corrected chi connectivity index (χ4v) is 5.51. The van der Waals surface area contributed by atoms with E-state index in [4.69, 9.17) is 15.2 Å². The van der Waals surface area contributed by atoms with E-state index >= 15 is 0 Å². The molecule has 1 atom stereocenters. The second-order valence-corrected chi connectivity index (χ2v) is 10.4. The minimum absolute atomic E-state index is 0.0492. The molecule has 0 saturated heterocycles. The predicted octanol–water partition coefficient (Wildman–Crippen LogP) is 4.01. The molecule has 10 heteroatoms. The highest BCUT2D eigenvalue weighted by atomic mass is 79.9. The molecule has 0 saturated carbocycles. The number of benzene rings is 2. The molecule has 0 unspecified atom stereocenters. The summed E-state index contributed by atoms with van der Waals surface area (Å²) in [5.41, 5.74) is 7.83. The number of nitrogens with zero attached hydrogens (tertiary/aromatic N) is 1. The summed E-state index contributed by atoms with van der Waals surface area (Å²) in [4.78, 5) is 39.9. The molecule has 1 aliphatic rings. The number of hydrogen-bond acceptors (Lipinski definition) is 7. The van der Waals surface area contributed by atoms with Gasteiger partial charge in [0.1, 0.15) is 10.2 Å². The van der Waals surface area contributed by atoms with Crippen LogP contribution in [-0.4, -0.2) is 36.1 Å². The number of anilines is 1. The van der Waals surface area contributed by atoms with Gasteiger partial charge in [0.2, 0.25) is 5.91 Å². The lowest BCUT2D eigenvalue weighted by Crippen LogP contribution is -2.42. The molecule has 3 aromatic rings. The Morgan fingerprint density at radius 1 is 1.06 bits per heavy atom. The first-order valence-electron chi connectivity index (χ1n) is 10.5. The van der Waals surface area contributed by atoms with E-state index in [9.17, 15) is 14.4 Å². The topological polar surface area (TPSA) is 101 Å². The number of thioether (sulfide) groups is 1. The highest BCUT2D eigenvalue weighted by Gasteiger charge is 2.38. The highest BCUT2D eigenvalue weighted by molar-refractivity contribution is 9.10. The Labute approximate surface area is 222 Å². The van der Waals surface area contributed by atoms with E-state index in [-0.39, 0.29) is 28.2 Å². The molecular weight excluding hydrogens is 600 g/mol. The van der Waals surface area contributed by atoms with Gasteiger partial charge in [0.25, 0.3) is 0 Å². The van der Waals surface area contributed by atoms with Crippen LogP contribution in [0.3, 0.4) is 0 Å². The first-order chi connectivity index (χ1) is 16.8. The number of carbonyl (C=O) groups excluding carboxylic acids is 3. The third kappa shape index (κ3) is 4.82. The number of carbonyl (C=O) groups is 3. The minimum Gasteiger partial charge on any atom is -0.465 e. The first-order valence-corrected chi connectivity index (χ1v) is 13.0. The number of nitrogen functional groups attached to an aromatic ring is 1. The number of aromatic nitrogens is 1. The third-order valence-electron chi connectivity index (χ3n) is 5.34. The zero-order chi connectivity index (χ0) is 25.3. The van der Waals surface area contributed by atoms with Crippen molar-refractivity contribution in [3.8, 4) is 0 Å². The normalized spacial score (nSPS) is 15.7. The summed E-state index contributed by atoms with van der Waals surface area (Å²) in [7, 11) is 1.27. The molecule has 0 amide bonds. The van der Waals surface area contributed by atoms with E-state index in [0.717, 1.165) is 26.3 Å². The van der Waals surface area contributed by atoms with Gasteiger partial charge in [0, 0.05) is 14.2 Å². The van der Waals surface area contributed by atoms with Crippen molar-refractivity contribution in [2.45, 2.75) is 12.2 Å². The van der Waals surface area contributed by atoms with Crippen molar-refractivity contribution in [2.75, 3.05) is 19.5 Å². The SMILES string of the molecule is CCOC(=O)c1c(N)/c(=C\c2ccc(Br)cc2)c2n1C(=O)[C@@H](c1ccc(Br)cc1)SC=2C(=O)OC. The Morgan fingerprint density at radius 2 is 1.66 bits per heavy atom. The summed E-state index contributed by atoms with van der Waals surface area (Å²) in [5, 5.41) is -0.222. The molecule has 0 radical (unpaired) electrons. The van der Waals surface area contributed by atoms with Gasteiger partial charge in [-0.05, 0) is 48.4 Å². The van der Waals surface area contributed by atoms with Crippen LogP contribution in [0, 0.1) is 0 Å². The number of esters is 2. The van der Waals surface area contributed by atoms with Crippen LogP contribution in [0.5, 0.6) is 0 Å². The van der Waals surface area contributed by atoms with Crippen LogP contribution in [0.25, 0.3) is 11.0 Å². The minimum atomic E-state index is -0.801. The van der Waals surface area contributed by atoms with Crippen LogP contribution in [0.15, 0.2) is 57.5 Å². The second kappa shape index (κ2) is 10.4. The molecular formula is C25H20Br2N2O5S. The molecule has 2 heterocycles. The summed E-state index contributed by atoms with van der Waals surface area (Å²) >= 11 is 7.87. The number of fused-ring (bicyclic) bond motifs is 1. The Bertz CT molecular complexity index is 1450. The quantitative estimate of drug-likeness (QED) is 0.431. The number of nitrogens with two attached hydrogens (primary N) is 1. The van der Waals surface area contributed by atoms with Crippen LogP contribution in [0.1, 0.15) is 38.6 Å². The highest BCUT2D eigenvalue weighted by Crippen LogP contribution is 2.40. The van der Waals surface area contributed by atoms with Gasteiger partial charge in [-0.15, -0.1) is 0 Å². The summed E-state index contributed by atoms with van der Waals surface area (Å²) in [5.74, 6) is -1.80. The molecule has 7 nitrogen and oxygen atoms in total. The summed E-state index contributed by atoms with van der Waals surface area (Å²) in [6, 6.07) is 14.6. The van der Waals surface area contributed by atoms with Gasteiger partial charge >= 0.3 is 11.9 Å². The number of ether oxygens (including phenoxy) is 2. The Morgan fingerprint density at radius 3 is 2.23 bits per heavy atom. The van der Waals surface area contributed by atoms with Crippen molar-refractivity contribution < 1.29 is 23.9 Å². The van der Waals surface area contributed by atoms with Crippen molar-refractivity contribution in [3.05, 3.63) is 84.9 Å². The standard InChI is InChI=1S/C25H20Br2N2O5S/c1-3-34-24(31)20-18(28)17(12-13-4-8-15(26)9-5-13)19-22(25(32)33-2)35-21(23(30)29(19)20)14-6-10-16(27)11-7-14/h4-12,21H,3,28H2,1-2H3/b17-12+/t21-/m1/s1. The summed E-state index contributed by atoms with van der Waals surface area (Å²) < 4.78 is 13.2. The molecule has 0 spiro atoms. The lowest BCUT2D eigenvalue weighted by atomic mass is 10.1. The van der Waals surface area contributed by atoms with Crippen LogP contribution in [0.4, 0.5) is 5.69 Å². The van der Waals surface area contributed by atoms with E-state index in [1.54, 1.807) is 37.3 Å². The monoisotopic (exact) mass is 618 g/mol. The fourth-order valence-electron chi connectivity index (χ4n) is 3.75. The number of methoxy groups -OCH3 is 1. The van der Waals surface area contributed by atoms with Crippen molar-refractivity contribution in [1.82, 2.24) is 4.57 Å². The van der Waals surface area contributed by atoms with Crippen molar-refractivity contribution >= 4 is 78.1 Å². The van der Waals surface area contributed by atoms with Crippen molar-refractivity contribution in [3.63, 3.8) is 0 Å². The molecule has 0 bridgehead atoms. The van der Waals surface area contributed by atoms with Gasteiger partial charge in [0.15, 0.2) is 5.69 Å². The smallest absolute Gasteiger partial charge is 0.357 e. The zero-order valence-electron chi connectivity index (χ0n) is 18.7. The predicted molar refractivity (Wildman–Crippen MR) is 142 cm³/mol. The van der Waals surface area contributed by atoms with E-state index < -0.39 is 23.1 Å². The fraction of sp³-hybridized carbons (Fsp3) is 0.160. The maximum absolute atomic E-state index is 13.8. The van der Waals surface area contributed by atoms with E-state index in [0.29, 0.717) is 10.8 Å². The van der Waals surface area contributed by atoms with Gasteiger partial charge in [-0.25, -0.2) is 9.59 Å². The molecule has 2 N–H and O–H groups in total. The Balaban J connectivity index is 2.08. The molecule has 0 fully saturated rings. The average molecular weight is 620 g/mol. The Kier molecular flexibility index (Phi) is 7.53. The maximum atomic E-state index is 13.8.